The standard InChI is InChI=1S/C17H14Cl2N2/c18-14-5-1-12(2-6-14)16(11-17-20-9-10-21-17)13-3-7-15(19)8-4-13/h1-10,16H,11H2,(H,20,21). The number of imidazole rings is 1. The lowest BCUT2D eigenvalue weighted by molar-refractivity contribution is 0.766. The van der Waals surface area contributed by atoms with E-state index in [1.165, 1.54) is 11.1 Å². The Morgan fingerprint density at radius 2 is 1.38 bits per heavy atom. The van der Waals surface area contributed by atoms with Crippen LogP contribution in [0.1, 0.15) is 22.9 Å². The van der Waals surface area contributed by atoms with Crippen LogP contribution < -0.4 is 0 Å². The summed E-state index contributed by atoms with van der Waals surface area (Å²) in [4.78, 5) is 7.50. The highest BCUT2D eigenvalue weighted by Gasteiger charge is 2.16. The van der Waals surface area contributed by atoms with Crippen LogP contribution in [0.5, 0.6) is 0 Å². The summed E-state index contributed by atoms with van der Waals surface area (Å²) < 4.78 is 0. The average Bonchev–Trinajstić information content (AvgIpc) is 3.00. The summed E-state index contributed by atoms with van der Waals surface area (Å²) in [5.41, 5.74) is 2.41. The van der Waals surface area contributed by atoms with Crippen molar-refractivity contribution in [2.75, 3.05) is 0 Å². The van der Waals surface area contributed by atoms with Crippen molar-refractivity contribution in [3.8, 4) is 0 Å². The zero-order chi connectivity index (χ0) is 14.7. The minimum Gasteiger partial charge on any atom is -0.349 e. The number of H-pyrrole nitrogens is 1. The second kappa shape index (κ2) is 6.33. The Morgan fingerprint density at radius 1 is 0.857 bits per heavy atom. The molecule has 0 aliphatic heterocycles. The number of hydrogen-bond donors (Lipinski definition) is 1. The lowest BCUT2D eigenvalue weighted by atomic mass is 9.88. The van der Waals surface area contributed by atoms with Gasteiger partial charge in [0.05, 0.1) is 0 Å². The van der Waals surface area contributed by atoms with Crippen LogP contribution in [0.2, 0.25) is 10.0 Å². The molecule has 0 aliphatic carbocycles. The second-order valence-corrected chi connectivity index (χ2v) is 5.77. The van der Waals surface area contributed by atoms with E-state index in [0.717, 1.165) is 22.3 Å². The average molecular weight is 317 g/mol. The van der Waals surface area contributed by atoms with E-state index in [0.29, 0.717) is 0 Å². The summed E-state index contributed by atoms with van der Waals surface area (Å²) in [5.74, 6) is 1.18. The number of aromatic amines is 1. The Labute approximate surface area is 133 Å². The van der Waals surface area contributed by atoms with Gasteiger partial charge in [-0.3, -0.25) is 0 Å². The zero-order valence-corrected chi connectivity index (χ0v) is 12.8. The van der Waals surface area contributed by atoms with Crippen LogP contribution in [0.25, 0.3) is 0 Å². The Kier molecular flexibility index (Phi) is 4.28. The van der Waals surface area contributed by atoms with Crippen molar-refractivity contribution in [1.82, 2.24) is 9.97 Å². The fourth-order valence-electron chi connectivity index (χ4n) is 2.42. The summed E-state index contributed by atoms with van der Waals surface area (Å²) in [6.45, 7) is 0. The fraction of sp³-hybridized carbons (Fsp3) is 0.118. The zero-order valence-electron chi connectivity index (χ0n) is 11.3. The lowest BCUT2D eigenvalue weighted by Gasteiger charge is -2.17. The second-order valence-electron chi connectivity index (χ2n) is 4.90. The Bertz CT molecular complexity index is 643. The van der Waals surface area contributed by atoms with E-state index < -0.39 is 0 Å². The quantitative estimate of drug-likeness (QED) is 0.713. The van der Waals surface area contributed by atoms with Gasteiger partial charge in [-0.15, -0.1) is 0 Å². The molecule has 0 atom stereocenters. The number of nitrogens with zero attached hydrogens (tertiary/aromatic N) is 1. The lowest BCUT2D eigenvalue weighted by Crippen LogP contribution is -2.06. The largest absolute Gasteiger partial charge is 0.349 e. The van der Waals surface area contributed by atoms with E-state index >= 15 is 0 Å². The molecule has 0 radical (unpaired) electrons. The maximum atomic E-state index is 5.99. The van der Waals surface area contributed by atoms with Crippen molar-refractivity contribution in [3.05, 3.63) is 87.9 Å². The van der Waals surface area contributed by atoms with Crippen molar-refractivity contribution in [3.63, 3.8) is 0 Å². The van der Waals surface area contributed by atoms with Crippen molar-refractivity contribution >= 4 is 23.2 Å². The van der Waals surface area contributed by atoms with Gasteiger partial charge < -0.3 is 4.98 Å². The molecule has 3 rings (SSSR count). The van der Waals surface area contributed by atoms with Gasteiger partial charge in [-0.1, -0.05) is 47.5 Å². The van der Waals surface area contributed by atoms with E-state index in [9.17, 15) is 0 Å². The van der Waals surface area contributed by atoms with Crippen molar-refractivity contribution in [1.29, 1.82) is 0 Å². The monoisotopic (exact) mass is 316 g/mol. The van der Waals surface area contributed by atoms with Crippen molar-refractivity contribution in [2.45, 2.75) is 12.3 Å². The SMILES string of the molecule is Clc1ccc(C(Cc2ncc[nH]2)c2ccc(Cl)cc2)cc1. The summed E-state index contributed by atoms with van der Waals surface area (Å²) in [7, 11) is 0. The van der Waals surface area contributed by atoms with Crippen LogP contribution in [0.3, 0.4) is 0 Å². The molecule has 0 saturated heterocycles. The van der Waals surface area contributed by atoms with Crippen molar-refractivity contribution < 1.29 is 0 Å². The van der Waals surface area contributed by atoms with Crippen LogP contribution in [0.4, 0.5) is 0 Å². The van der Waals surface area contributed by atoms with Gasteiger partial charge >= 0.3 is 0 Å². The molecule has 0 amide bonds. The molecule has 0 spiro atoms. The molecule has 21 heavy (non-hydrogen) atoms. The molecule has 0 bridgehead atoms. The molecule has 0 aliphatic rings. The highest BCUT2D eigenvalue weighted by atomic mass is 35.5. The Balaban J connectivity index is 1.97. The van der Waals surface area contributed by atoms with Gasteiger partial charge in [0.1, 0.15) is 5.82 Å². The molecule has 3 aromatic rings. The number of aromatic nitrogens is 2. The third-order valence-electron chi connectivity index (χ3n) is 3.50. The molecule has 106 valence electrons. The van der Waals surface area contributed by atoms with Crippen molar-refractivity contribution in [2.24, 2.45) is 0 Å². The molecule has 0 fully saturated rings. The molecule has 4 heteroatoms. The number of halogens is 2. The molecule has 2 aromatic carbocycles. The molecule has 0 unspecified atom stereocenters. The van der Waals surface area contributed by atoms with Gasteiger partial charge in [0.25, 0.3) is 0 Å². The van der Waals surface area contributed by atoms with E-state index in [2.05, 4.69) is 34.2 Å². The molecular weight excluding hydrogens is 303 g/mol. The summed E-state index contributed by atoms with van der Waals surface area (Å²) >= 11 is 12.0. The third kappa shape index (κ3) is 3.46. The highest BCUT2D eigenvalue weighted by molar-refractivity contribution is 6.30. The maximum absolute atomic E-state index is 5.99. The molecule has 0 saturated carbocycles. The number of hydrogen-bond acceptors (Lipinski definition) is 1. The van der Waals surface area contributed by atoms with E-state index in [-0.39, 0.29) is 5.92 Å². The summed E-state index contributed by atoms with van der Waals surface area (Å²) in [5, 5.41) is 1.48. The highest BCUT2D eigenvalue weighted by Crippen LogP contribution is 2.29. The molecule has 1 heterocycles. The van der Waals surface area contributed by atoms with Crippen LogP contribution >= 0.6 is 23.2 Å². The summed E-state index contributed by atoms with van der Waals surface area (Å²) in [6, 6.07) is 15.9. The first-order chi connectivity index (χ1) is 10.2. The van der Waals surface area contributed by atoms with E-state index in [1.807, 2.05) is 30.5 Å². The fourth-order valence-corrected chi connectivity index (χ4v) is 2.67. The normalized spacial score (nSPS) is 11.0. The maximum Gasteiger partial charge on any atom is 0.106 e. The molecule has 2 nitrogen and oxygen atoms in total. The van der Waals surface area contributed by atoms with Gasteiger partial charge in [-0.05, 0) is 35.4 Å². The predicted octanol–water partition coefficient (Wildman–Crippen LogP) is 5.09. The number of benzene rings is 2. The first-order valence-electron chi connectivity index (χ1n) is 6.71. The van der Waals surface area contributed by atoms with Crippen LogP contribution in [-0.4, -0.2) is 9.97 Å². The predicted molar refractivity (Wildman–Crippen MR) is 87.0 cm³/mol. The molecular formula is C17H14Cl2N2. The summed E-state index contributed by atoms with van der Waals surface area (Å²) in [6.07, 6.45) is 4.42. The number of rotatable bonds is 4. The smallest absolute Gasteiger partial charge is 0.106 e. The van der Waals surface area contributed by atoms with Crippen LogP contribution in [0.15, 0.2) is 60.9 Å². The van der Waals surface area contributed by atoms with E-state index in [4.69, 9.17) is 23.2 Å². The van der Waals surface area contributed by atoms with Crippen LogP contribution in [-0.2, 0) is 6.42 Å². The third-order valence-corrected chi connectivity index (χ3v) is 4.00. The topological polar surface area (TPSA) is 28.7 Å². The Morgan fingerprint density at radius 3 is 1.81 bits per heavy atom. The minimum absolute atomic E-state index is 0.214. The van der Waals surface area contributed by atoms with Gasteiger partial charge in [0.15, 0.2) is 0 Å². The van der Waals surface area contributed by atoms with Gasteiger partial charge in [0, 0.05) is 34.8 Å². The minimum atomic E-state index is 0.214. The first kappa shape index (κ1) is 14.2. The number of nitrogens with one attached hydrogen (secondary N) is 1. The molecule has 1 N–H and O–H groups in total. The first-order valence-corrected chi connectivity index (χ1v) is 7.47. The van der Waals surface area contributed by atoms with Gasteiger partial charge in [-0.25, -0.2) is 4.98 Å². The molecule has 1 aromatic heterocycles. The Hall–Kier alpha value is -1.77. The van der Waals surface area contributed by atoms with E-state index in [1.54, 1.807) is 6.20 Å². The van der Waals surface area contributed by atoms with Gasteiger partial charge in [-0.2, -0.15) is 0 Å². The van der Waals surface area contributed by atoms with Gasteiger partial charge in [0.2, 0.25) is 0 Å². The van der Waals surface area contributed by atoms with Crippen LogP contribution in [0, 0.1) is 0 Å².